The van der Waals surface area contributed by atoms with Gasteiger partial charge in [-0.3, -0.25) is 0 Å². The maximum Gasteiger partial charge on any atom is 0.0154 e. The Kier molecular flexibility index (Phi) is 4.71. The Hall–Kier alpha value is -1.21. The van der Waals surface area contributed by atoms with Crippen molar-refractivity contribution in [1.82, 2.24) is 0 Å². The number of hydrogen-bond acceptors (Lipinski definition) is 1. The van der Waals surface area contributed by atoms with Crippen LogP contribution < -0.4 is 0 Å². The zero-order valence-electron chi connectivity index (χ0n) is 12.0. The first-order valence-corrected chi connectivity index (χ1v) is 7.66. The summed E-state index contributed by atoms with van der Waals surface area (Å²) in [7, 11) is 0. The highest BCUT2D eigenvalue weighted by atomic mass is 32.2. The van der Waals surface area contributed by atoms with E-state index in [0.29, 0.717) is 0 Å². The van der Waals surface area contributed by atoms with Crippen molar-refractivity contribution in [3.05, 3.63) is 65.7 Å². The fourth-order valence-corrected chi connectivity index (χ4v) is 3.18. The van der Waals surface area contributed by atoms with Gasteiger partial charge in [0.15, 0.2) is 0 Å². The third-order valence-corrected chi connectivity index (χ3v) is 4.54. The number of rotatable bonds is 5. The van der Waals surface area contributed by atoms with Gasteiger partial charge in [-0.15, -0.1) is 11.8 Å². The highest BCUT2D eigenvalue weighted by molar-refractivity contribution is 8.00. The first-order valence-electron chi connectivity index (χ1n) is 6.85. The minimum Gasteiger partial charge on any atom is -0.120 e. The van der Waals surface area contributed by atoms with Crippen LogP contribution in [-0.4, -0.2) is 4.75 Å². The van der Waals surface area contributed by atoms with Crippen LogP contribution in [0.25, 0.3) is 0 Å². The third-order valence-electron chi connectivity index (χ3n) is 3.27. The molecule has 0 radical (unpaired) electrons. The first kappa shape index (κ1) is 14.2. The lowest BCUT2D eigenvalue weighted by Crippen LogP contribution is -2.15. The van der Waals surface area contributed by atoms with Gasteiger partial charge in [-0.1, -0.05) is 61.9 Å². The molecule has 0 amide bonds. The molecule has 0 N–H and O–H groups in total. The third kappa shape index (κ3) is 4.76. The van der Waals surface area contributed by atoms with Gasteiger partial charge in [0.05, 0.1) is 0 Å². The SMILES string of the molecule is Cc1ccc(SC(C)(C)CCc2ccccc2)cc1. The Balaban J connectivity index is 1.93. The van der Waals surface area contributed by atoms with E-state index in [1.54, 1.807) is 0 Å². The second-order valence-electron chi connectivity index (χ2n) is 5.66. The maximum absolute atomic E-state index is 2.33. The van der Waals surface area contributed by atoms with Crippen molar-refractivity contribution < 1.29 is 0 Å². The molecule has 2 aromatic rings. The van der Waals surface area contributed by atoms with Crippen molar-refractivity contribution in [2.75, 3.05) is 0 Å². The molecule has 2 aromatic carbocycles. The van der Waals surface area contributed by atoms with E-state index in [0.717, 1.165) is 6.42 Å². The molecule has 0 unspecified atom stereocenters. The highest BCUT2D eigenvalue weighted by Gasteiger charge is 2.19. The Morgan fingerprint density at radius 1 is 0.895 bits per heavy atom. The molecule has 0 aliphatic rings. The van der Waals surface area contributed by atoms with Gasteiger partial charge in [-0.25, -0.2) is 0 Å². The van der Waals surface area contributed by atoms with E-state index in [2.05, 4.69) is 75.4 Å². The van der Waals surface area contributed by atoms with Crippen LogP contribution in [0, 0.1) is 6.92 Å². The molecule has 19 heavy (non-hydrogen) atoms. The molecule has 0 aliphatic heterocycles. The molecule has 0 bridgehead atoms. The molecule has 0 aromatic heterocycles. The van der Waals surface area contributed by atoms with E-state index in [9.17, 15) is 0 Å². The molecule has 0 saturated heterocycles. The van der Waals surface area contributed by atoms with Crippen molar-refractivity contribution in [2.24, 2.45) is 0 Å². The molecular weight excluding hydrogens is 248 g/mol. The van der Waals surface area contributed by atoms with Gasteiger partial charge in [0.2, 0.25) is 0 Å². The summed E-state index contributed by atoms with van der Waals surface area (Å²) in [5, 5.41) is 0. The second kappa shape index (κ2) is 6.29. The van der Waals surface area contributed by atoms with Gasteiger partial charge in [-0.05, 0) is 37.5 Å². The van der Waals surface area contributed by atoms with Crippen molar-refractivity contribution in [2.45, 2.75) is 43.3 Å². The summed E-state index contributed by atoms with van der Waals surface area (Å²) in [6.45, 7) is 6.80. The lowest BCUT2D eigenvalue weighted by Gasteiger charge is -2.24. The fourth-order valence-electron chi connectivity index (χ4n) is 2.07. The predicted octanol–water partition coefficient (Wildman–Crippen LogP) is 5.50. The number of thioether (sulfide) groups is 1. The van der Waals surface area contributed by atoms with Gasteiger partial charge in [0.25, 0.3) is 0 Å². The van der Waals surface area contributed by atoms with E-state index < -0.39 is 0 Å². The Labute approximate surface area is 121 Å². The molecule has 0 heterocycles. The van der Waals surface area contributed by atoms with Gasteiger partial charge in [0, 0.05) is 9.64 Å². The van der Waals surface area contributed by atoms with Crippen LogP contribution in [0.2, 0.25) is 0 Å². The van der Waals surface area contributed by atoms with Crippen LogP contribution in [0.4, 0.5) is 0 Å². The standard InChI is InChI=1S/C18H22S/c1-15-9-11-17(12-10-15)19-18(2,3)14-13-16-7-5-4-6-8-16/h4-12H,13-14H2,1-3H3. The topological polar surface area (TPSA) is 0 Å². The molecule has 0 saturated carbocycles. The Bertz CT molecular complexity index is 497. The maximum atomic E-state index is 2.33. The lowest BCUT2D eigenvalue weighted by atomic mass is 10.0. The van der Waals surface area contributed by atoms with Crippen LogP contribution in [0.5, 0.6) is 0 Å². The molecule has 0 atom stereocenters. The molecule has 0 fully saturated rings. The molecule has 100 valence electrons. The lowest BCUT2D eigenvalue weighted by molar-refractivity contribution is 0.639. The van der Waals surface area contributed by atoms with Gasteiger partial charge < -0.3 is 0 Å². The van der Waals surface area contributed by atoms with Gasteiger partial charge in [0.1, 0.15) is 0 Å². The first-order chi connectivity index (χ1) is 9.05. The Morgan fingerprint density at radius 2 is 1.53 bits per heavy atom. The number of benzene rings is 2. The largest absolute Gasteiger partial charge is 0.120 e. The monoisotopic (exact) mass is 270 g/mol. The zero-order valence-corrected chi connectivity index (χ0v) is 12.8. The zero-order chi connectivity index (χ0) is 13.7. The van der Waals surface area contributed by atoms with E-state index in [-0.39, 0.29) is 4.75 Å². The van der Waals surface area contributed by atoms with Crippen molar-refractivity contribution in [3.8, 4) is 0 Å². The quantitative estimate of drug-likeness (QED) is 0.647. The molecule has 0 spiro atoms. The summed E-state index contributed by atoms with van der Waals surface area (Å²) in [5.41, 5.74) is 2.76. The number of aryl methyl sites for hydroxylation is 2. The average molecular weight is 270 g/mol. The molecule has 1 heteroatoms. The second-order valence-corrected chi connectivity index (χ2v) is 7.44. The number of hydrogen-bond donors (Lipinski definition) is 0. The average Bonchev–Trinajstić information content (AvgIpc) is 2.40. The van der Waals surface area contributed by atoms with Crippen molar-refractivity contribution >= 4 is 11.8 Å². The van der Waals surface area contributed by atoms with Gasteiger partial charge in [-0.2, -0.15) is 0 Å². The van der Waals surface area contributed by atoms with Crippen LogP contribution >= 0.6 is 11.8 Å². The van der Waals surface area contributed by atoms with Crippen LogP contribution in [0.15, 0.2) is 59.5 Å². The van der Waals surface area contributed by atoms with E-state index in [4.69, 9.17) is 0 Å². The smallest absolute Gasteiger partial charge is 0.0154 e. The summed E-state index contributed by atoms with van der Waals surface area (Å²) >= 11 is 1.97. The normalized spacial score (nSPS) is 11.5. The minimum atomic E-state index is 0.269. The van der Waals surface area contributed by atoms with Crippen LogP contribution in [0.3, 0.4) is 0 Å². The summed E-state index contributed by atoms with van der Waals surface area (Å²) in [5.74, 6) is 0. The molecule has 2 rings (SSSR count). The van der Waals surface area contributed by atoms with E-state index >= 15 is 0 Å². The summed E-state index contributed by atoms with van der Waals surface area (Å²) in [6.07, 6.45) is 2.34. The summed E-state index contributed by atoms with van der Waals surface area (Å²) in [6, 6.07) is 19.6. The highest BCUT2D eigenvalue weighted by Crippen LogP contribution is 2.35. The van der Waals surface area contributed by atoms with E-state index in [1.807, 2.05) is 11.8 Å². The summed E-state index contributed by atoms with van der Waals surface area (Å²) in [4.78, 5) is 1.36. The van der Waals surface area contributed by atoms with Crippen molar-refractivity contribution in [3.63, 3.8) is 0 Å². The summed E-state index contributed by atoms with van der Waals surface area (Å²) < 4.78 is 0.269. The minimum absolute atomic E-state index is 0.269. The molecular formula is C18H22S. The van der Waals surface area contributed by atoms with E-state index in [1.165, 1.54) is 22.4 Å². The molecule has 0 nitrogen and oxygen atoms in total. The molecule has 0 aliphatic carbocycles. The van der Waals surface area contributed by atoms with Crippen molar-refractivity contribution in [1.29, 1.82) is 0 Å². The van der Waals surface area contributed by atoms with Crippen LogP contribution in [0.1, 0.15) is 31.4 Å². The Morgan fingerprint density at radius 3 is 2.16 bits per heavy atom. The van der Waals surface area contributed by atoms with Gasteiger partial charge >= 0.3 is 0 Å². The predicted molar refractivity (Wildman–Crippen MR) is 85.9 cm³/mol. The fraction of sp³-hybridized carbons (Fsp3) is 0.333. The van der Waals surface area contributed by atoms with Crippen LogP contribution in [-0.2, 0) is 6.42 Å².